The van der Waals surface area contributed by atoms with Gasteiger partial charge >= 0.3 is 0 Å². The number of hydrogen-bond donors (Lipinski definition) is 1. The van der Waals surface area contributed by atoms with Crippen molar-refractivity contribution in [2.45, 2.75) is 37.8 Å². The van der Waals surface area contributed by atoms with Crippen molar-refractivity contribution in [1.82, 2.24) is 0 Å². The third-order valence-corrected chi connectivity index (χ3v) is 4.02. The summed E-state index contributed by atoms with van der Waals surface area (Å²) >= 11 is 6.93. The highest BCUT2D eigenvalue weighted by molar-refractivity contribution is 9.11. The van der Waals surface area contributed by atoms with Crippen LogP contribution in [0.15, 0.2) is 27.1 Å². The first-order chi connectivity index (χ1) is 7.65. The minimum atomic E-state index is 0.317. The zero-order valence-corrected chi connectivity index (χ0v) is 12.1. The molecule has 1 fully saturated rings. The van der Waals surface area contributed by atoms with Crippen LogP contribution < -0.4 is 10.5 Å². The van der Waals surface area contributed by atoms with E-state index in [2.05, 4.69) is 31.9 Å². The Morgan fingerprint density at radius 2 is 1.81 bits per heavy atom. The topological polar surface area (TPSA) is 35.2 Å². The normalized spacial score (nSPS) is 25.4. The standard InChI is InChI=1S/C12H15Br2NO/c13-8-1-6-12(11(14)7-8)16-10-4-2-9(15)3-5-10/h1,6-7,9-10H,2-5,15H2. The molecule has 0 spiro atoms. The number of benzene rings is 1. The number of halogens is 2. The molecule has 0 amide bonds. The van der Waals surface area contributed by atoms with Gasteiger partial charge in [-0.1, -0.05) is 15.9 Å². The molecule has 88 valence electrons. The van der Waals surface area contributed by atoms with Crippen molar-refractivity contribution in [3.63, 3.8) is 0 Å². The fourth-order valence-electron chi connectivity index (χ4n) is 1.96. The maximum absolute atomic E-state index is 5.97. The van der Waals surface area contributed by atoms with E-state index in [-0.39, 0.29) is 0 Å². The lowest BCUT2D eigenvalue weighted by atomic mass is 9.94. The summed E-state index contributed by atoms with van der Waals surface area (Å²) in [5, 5.41) is 0. The molecule has 0 bridgehead atoms. The Hall–Kier alpha value is -0.0600. The SMILES string of the molecule is NC1CCC(Oc2ccc(Br)cc2Br)CC1. The predicted molar refractivity (Wildman–Crippen MR) is 72.7 cm³/mol. The number of ether oxygens (including phenoxy) is 1. The molecular weight excluding hydrogens is 334 g/mol. The van der Waals surface area contributed by atoms with Crippen LogP contribution in [0.2, 0.25) is 0 Å². The molecule has 16 heavy (non-hydrogen) atoms. The minimum absolute atomic E-state index is 0.317. The Morgan fingerprint density at radius 3 is 2.44 bits per heavy atom. The highest BCUT2D eigenvalue weighted by atomic mass is 79.9. The van der Waals surface area contributed by atoms with Crippen molar-refractivity contribution < 1.29 is 4.74 Å². The molecule has 1 aromatic rings. The molecule has 4 heteroatoms. The van der Waals surface area contributed by atoms with Gasteiger partial charge in [-0.2, -0.15) is 0 Å². The highest BCUT2D eigenvalue weighted by Gasteiger charge is 2.20. The van der Waals surface area contributed by atoms with E-state index < -0.39 is 0 Å². The van der Waals surface area contributed by atoms with E-state index in [0.29, 0.717) is 12.1 Å². The third-order valence-electron chi connectivity index (χ3n) is 2.91. The van der Waals surface area contributed by atoms with E-state index in [4.69, 9.17) is 10.5 Å². The van der Waals surface area contributed by atoms with Gasteiger partial charge in [0.05, 0.1) is 10.6 Å². The smallest absolute Gasteiger partial charge is 0.133 e. The molecule has 1 aliphatic rings. The molecule has 0 saturated heterocycles. The number of hydrogen-bond acceptors (Lipinski definition) is 2. The molecule has 0 aliphatic heterocycles. The van der Waals surface area contributed by atoms with Crippen LogP contribution in [0.3, 0.4) is 0 Å². The first-order valence-electron chi connectivity index (χ1n) is 5.52. The summed E-state index contributed by atoms with van der Waals surface area (Å²) in [4.78, 5) is 0. The molecule has 0 aromatic heterocycles. The van der Waals surface area contributed by atoms with Crippen molar-refractivity contribution in [2.24, 2.45) is 5.73 Å². The Labute approximate surface area is 113 Å². The Balaban J connectivity index is 1.98. The quantitative estimate of drug-likeness (QED) is 0.880. The Bertz CT molecular complexity index is 362. The second-order valence-electron chi connectivity index (χ2n) is 4.23. The van der Waals surface area contributed by atoms with Crippen LogP contribution in [-0.2, 0) is 0 Å². The molecule has 0 heterocycles. The van der Waals surface area contributed by atoms with Gasteiger partial charge in [-0.3, -0.25) is 0 Å². The average molecular weight is 349 g/mol. The zero-order valence-electron chi connectivity index (χ0n) is 8.96. The van der Waals surface area contributed by atoms with Gasteiger partial charge in [0.25, 0.3) is 0 Å². The van der Waals surface area contributed by atoms with Gasteiger partial charge < -0.3 is 10.5 Å². The lowest BCUT2D eigenvalue weighted by molar-refractivity contribution is 0.146. The van der Waals surface area contributed by atoms with Crippen molar-refractivity contribution in [1.29, 1.82) is 0 Å². The summed E-state index contributed by atoms with van der Waals surface area (Å²) < 4.78 is 8.02. The summed E-state index contributed by atoms with van der Waals surface area (Å²) in [6.45, 7) is 0. The first kappa shape index (κ1) is 12.4. The number of nitrogens with two attached hydrogens (primary N) is 1. The van der Waals surface area contributed by atoms with Crippen molar-refractivity contribution >= 4 is 31.9 Å². The molecule has 0 unspecified atom stereocenters. The van der Waals surface area contributed by atoms with E-state index >= 15 is 0 Å². The lowest BCUT2D eigenvalue weighted by Crippen LogP contribution is -2.31. The fourth-order valence-corrected chi connectivity index (χ4v) is 3.10. The van der Waals surface area contributed by atoms with E-state index in [0.717, 1.165) is 40.4 Å². The van der Waals surface area contributed by atoms with Gasteiger partial charge in [0, 0.05) is 10.5 Å². The lowest BCUT2D eigenvalue weighted by Gasteiger charge is -2.27. The van der Waals surface area contributed by atoms with Gasteiger partial charge in [0.2, 0.25) is 0 Å². The van der Waals surface area contributed by atoms with Gasteiger partial charge in [-0.05, 0) is 59.8 Å². The summed E-state index contributed by atoms with van der Waals surface area (Å²) in [5.74, 6) is 0.920. The van der Waals surface area contributed by atoms with Crippen LogP contribution >= 0.6 is 31.9 Å². The predicted octanol–water partition coefficient (Wildman–Crippen LogP) is 3.86. The average Bonchev–Trinajstić information content (AvgIpc) is 2.25. The van der Waals surface area contributed by atoms with Crippen LogP contribution in [0, 0.1) is 0 Å². The van der Waals surface area contributed by atoms with E-state index in [9.17, 15) is 0 Å². The summed E-state index contributed by atoms with van der Waals surface area (Å²) in [7, 11) is 0. The third kappa shape index (κ3) is 3.22. The van der Waals surface area contributed by atoms with Gasteiger partial charge in [0.1, 0.15) is 5.75 Å². The Kier molecular flexibility index (Phi) is 4.27. The van der Waals surface area contributed by atoms with Crippen LogP contribution in [0.5, 0.6) is 5.75 Å². The van der Waals surface area contributed by atoms with Gasteiger partial charge in [0.15, 0.2) is 0 Å². The van der Waals surface area contributed by atoms with E-state index in [1.807, 2.05) is 18.2 Å². The molecule has 0 atom stereocenters. The maximum atomic E-state index is 5.97. The zero-order chi connectivity index (χ0) is 11.5. The van der Waals surface area contributed by atoms with Gasteiger partial charge in [-0.25, -0.2) is 0 Å². The summed E-state index contributed by atoms with van der Waals surface area (Å²) in [5.41, 5.74) is 5.87. The highest BCUT2D eigenvalue weighted by Crippen LogP contribution is 2.31. The van der Waals surface area contributed by atoms with E-state index in [1.54, 1.807) is 0 Å². The second-order valence-corrected chi connectivity index (χ2v) is 6.00. The summed E-state index contributed by atoms with van der Waals surface area (Å²) in [6, 6.07) is 6.36. The van der Waals surface area contributed by atoms with Gasteiger partial charge in [-0.15, -0.1) is 0 Å². The van der Waals surface area contributed by atoms with E-state index in [1.165, 1.54) is 0 Å². The monoisotopic (exact) mass is 347 g/mol. The molecule has 2 nitrogen and oxygen atoms in total. The molecule has 2 N–H and O–H groups in total. The molecule has 2 rings (SSSR count). The summed E-state index contributed by atoms with van der Waals surface area (Å²) in [6.07, 6.45) is 4.57. The molecule has 1 aromatic carbocycles. The van der Waals surface area contributed by atoms with Crippen LogP contribution in [-0.4, -0.2) is 12.1 Å². The van der Waals surface area contributed by atoms with Crippen molar-refractivity contribution in [3.05, 3.63) is 27.1 Å². The largest absolute Gasteiger partial charge is 0.489 e. The maximum Gasteiger partial charge on any atom is 0.133 e. The molecule has 1 saturated carbocycles. The molecular formula is C12H15Br2NO. The molecule has 0 radical (unpaired) electrons. The second kappa shape index (κ2) is 5.52. The van der Waals surface area contributed by atoms with Crippen LogP contribution in [0.1, 0.15) is 25.7 Å². The first-order valence-corrected chi connectivity index (χ1v) is 7.11. The molecule has 1 aliphatic carbocycles. The van der Waals surface area contributed by atoms with Crippen molar-refractivity contribution in [3.8, 4) is 5.75 Å². The minimum Gasteiger partial charge on any atom is -0.489 e. The van der Waals surface area contributed by atoms with Crippen LogP contribution in [0.4, 0.5) is 0 Å². The van der Waals surface area contributed by atoms with Crippen LogP contribution in [0.25, 0.3) is 0 Å². The fraction of sp³-hybridized carbons (Fsp3) is 0.500. The number of rotatable bonds is 2. The Morgan fingerprint density at radius 1 is 1.12 bits per heavy atom. The van der Waals surface area contributed by atoms with Crippen molar-refractivity contribution in [2.75, 3.05) is 0 Å².